The summed E-state index contributed by atoms with van der Waals surface area (Å²) < 4.78 is 12.1. The topological polar surface area (TPSA) is 0 Å². The Kier molecular flexibility index (Phi) is 5.46. The van der Waals surface area contributed by atoms with E-state index in [0.29, 0.717) is 10.0 Å². The van der Waals surface area contributed by atoms with Crippen molar-refractivity contribution in [3.05, 3.63) is 69.5 Å². The first kappa shape index (κ1) is 14.0. The standard InChI is InChI=1S/C7H6Cl2.C7H7F/c1-5-2-3-6(8)7(9)4-5;1-6-2-4-7(8)5-3-6/h2-4H,1H3;2-5H,1H3. The van der Waals surface area contributed by atoms with E-state index in [1.54, 1.807) is 18.2 Å². The second kappa shape index (κ2) is 6.63. The summed E-state index contributed by atoms with van der Waals surface area (Å²) in [5, 5.41) is 1.24. The third-order valence-corrected chi connectivity index (χ3v) is 2.83. The van der Waals surface area contributed by atoms with Gasteiger partial charge < -0.3 is 0 Å². The van der Waals surface area contributed by atoms with Gasteiger partial charge in [-0.15, -0.1) is 0 Å². The molecule has 17 heavy (non-hydrogen) atoms. The molecule has 0 unspecified atom stereocenters. The highest BCUT2D eigenvalue weighted by Crippen LogP contribution is 2.21. The molecule has 0 N–H and O–H groups in total. The number of rotatable bonds is 0. The smallest absolute Gasteiger partial charge is 0.123 e. The van der Waals surface area contributed by atoms with Crippen LogP contribution in [0.15, 0.2) is 42.5 Å². The van der Waals surface area contributed by atoms with Crippen LogP contribution in [0, 0.1) is 19.7 Å². The lowest BCUT2D eigenvalue weighted by Gasteiger charge is -1.94. The fraction of sp³-hybridized carbons (Fsp3) is 0.143. The van der Waals surface area contributed by atoms with Crippen molar-refractivity contribution in [1.82, 2.24) is 0 Å². The second-order valence-corrected chi connectivity index (χ2v) is 4.53. The quantitative estimate of drug-likeness (QED) is 0.598. The fourth-order valence-electron chi connectivity index (χ4n) is 1.13. The Bertz CT molecular complexity index is 457. The molecule has 3 heteroatoms. The van der Waals surface area contributed by atoms with E-state index in [9.17, 15) is 4.39 Å². The summed E-state index contributed by atoms with van der Waals surface area (Å²) in [5.41, 5.74) is 2.22. The molecule has 0 saturated heterocycles. The molecule has 0 aromatic heterocycles. The average molecular weight is 271 g/mol. The first-order valence-electron chi connectivity index (χ1n) is 5.13. The molecular formula is C14H13Cl2F. The van der Waals surface area contributed by atoms with Crippen molar-refractivity contribution in [3.8, 4) is 0 Å². The van der Waals surface area contributed by atoms with Crippen LogP contribution in [-0.2, 0) is 0 Å². The van der Waals surface area contributed by atoms with Crippen LogP contribution in [0.4, 0.5) is 4.39 Å². The highest BCUT2D eigenvalue weighted by atomic mass is 35.5. The number of halogens is 3. The summed E-state index contributed by atoms with van der Waals surface area (Å²) in [7, 11) is 0. The minimum Gasteiger partial charge on any atom is -0.207 e. The van der Waals surface area contributed by atoms with E-state index in [-0.39, 0.29) is 5.82 Å². The number of benzene rings is 2. The average Bonchev–Trinajstić information content (AvgIpc) is 2.29. The van der Waals surface area contributed by atoms with Gasteiger partial charge in [0.25, 0.3) is 0 Å². The Morgan fingerprint density at radius 3 is 1.71 bits per heavy atom. The van der Waals surface area contributed by atoms with E-state index >= 15 is 0 Å². The minimum absolute atomic E-state index is 0.171. The van der Waals surface area contributed by atoms with Gasteiger partial charge in [-0.2, -0.15) is 0 Å². The van der Waals surface area contributed by atoms with Gasteiger partial charge in [-0.05, 0) is 43.7 Å². The predicted octanol–water partition coefficient (Wildman–Crippen LogP) is 5.44. The summed E-state index contributed by atoms with van der Waals surface area (Å²) in [4.78, 5) is 0. The van der Waals surface area contributed by atoms with Crippen molar-refractivity contribution in [1.29, 1.82) is 0 Å². The Morgan fingerprint density at radius 1 is 0.765 bits per heavy atom. The van der Waals surface area contributed by atoms with E-state index in [2.05, 4.69) is 0 Å². The summed E-state index contributed by atoms with van der Waals surface area (Å²) >= 11 is 11.3. The molecule has 90 valence electrons. The van der Waals surface area contributed by atoms with Crippen molar-refractivity contribution in [2.24, 2.45) is 0 Å². The summed E-state index contributed by atoms with van der Waals surface area (Å²) in [5.74, 6) is -0.171. The first-order valence-corrected chi connectivity index (χ1v) is 5.88. The van der Waals surface area contributed by atoms with Crippen LogP contribution in [0.3, 0.4) is 0 Å². The number of aryl methyl sites for hydroxylation is 2. The lowest BCUT2D eigenvalue weighted by molar-refractivity contribution is 0.627. The van der Waals surface area contributed by atoms with Gasteiger partial charge in [-0.25, -0.2) is 4.39 Å². The molecule has 0 aliphatic carbocycles. The molecule has 0 fully saturated rings. The van der Waals surface area contributed by atoms with Crippen LogP contribution in [0.2, 0.25) is 10.0 Å². The molecule has 0 atom stereocenters. The molecule has 0 saturated carbocycles. The SMILES string of the molecule is Cc1ccc(Cl)c(Cl)c1.Cc1ccc(F)cc1. The van der Waals surface area contributed by atoms with E-state index in [4.69, 9.17) is 23.2 Å². The van der Waals surface area contributed by atoms with Gasteiger partial charge in [0, 0.05) is 0 Å². The Balaban J connectivity index is 0.000000171. The maximum Gasteiger partial charge on any atom is 0.123 e. The molecule has 0 bridgehead atoms. The first-order chi connectivity index (χ1) is 7.99. The summed E-state index contributed by atoms with van der Waals surface area (Å²) in [6.45, 7) is 3.90. The van der Waals surface area contributed by atoms with Gasteiger partial charge in [0.15, 0.2) is 0 Å². The molecule has 0 aliphatic rings. The van der Waals surface area contributed by atoms with Gasteiger partial charge in [-0.3, -0.25) is 0 Å². The third kappa shape index (κ3) is 5.20. The van der Waals surface area contributed by atoms with Crippen LogP contribution < -0.4 is 0 Å². The molecule has 0 radical (unpaired) electrons. The van der Waals surface area contributed by atoms with Crippen molar-refractivity contribution in [2.45, 2.75) is 13.8 Å². The Hall–Kier alpha value is -1.05. The van der Waals surface area contributed by atoms with Crippen LogP contribution in [0.25, 0.3) is 0 Å². The highest BCUT2D eigenvalue weighted by molar-refractivity contribution is 6.41. The molecule has 2 rings (SSSR count). The van der Waals surface area contributed by atoms with Crippen molar-refractivity contribution in [2.75, 3.05) is 0 Å². The maximum atomic E-state index is 12.1. The fourth-order valence-corrected chi connectivity index (χ4v) is 1.49. The minimum atomic E-state index is -0.171. The summed E-state index contributed by atoms with van der Waals surface area (Å²) in [6.07, 6.45) is 0. The number of hydrogen-bond donors (Lipinski definition) is 0. The second-order valence-electron chi connectivity index (χ2n) is 3.71. The van der Waals surface area contributed by atoms with E-state index in [0.717, 1.165) is 11.1 Å². The van der Waals surface area contributed by atoms with Crippen molar-refractivity contribution >= 4 is 23.2 Å². The largest absolute Gasteiger partial charge is 0.207 e. The van der Waals surface area contributed by atoms with Crippen molar-refractivity contribution in [3.63, 3.8) is 0 Å². The van der Waals surface area contributed by atoms with Gasteiger partial charge in [-0.1, -0.05) is 47.0 Å². The van der Waals surface area contributed by atoms with Crippen molar-refractivity contribution < 1.29 is 4.39 Å². The van der Waals surface area contributed by atoms with Gasteiger partial charge >= 0.3 is 0 Å². The number of hydrogen-bond acceptors (Lipinski definition) is 0. The van der Waals surface area contributed by atoms with Gasteiger partial charge in [0.1, 0.15) is 5.82 Å². The van der Waals surface area contributed by atoms with Crippen LogP contribution in [0.1, 0.15) is 11.1 Å². The monoisotopic (exact) mass is 270 g/mol. The maximum absolute atomic E-state index is 12.1. The van der Waals surface area contributed by atoms with E-state index < -0.39 is 0 Å². The lowest BCUT2D eigenvalue weighted by Crippen LogP contribution is -1.71. The molecule has 0 aliphatic heterocycles. The zero-order valence-corrected chi connectivity index (χ0v) is 11.2. The van der Waals surface area contributed by atoms with E-state index in [1.165, 1.54) is 12.1 Å². The molecule has 0 amide bonds. The zero-order chi connectivity index (χ0) is 12.8. The molecular weight excluding hydrogens is 258 g/mol. The van der Waals surface area contributed by atoms with Crippen LogP contribution in [0.5, 0.6) is 0 Å². The highest BCUT2D eigenvalue weighted by Gasteiger charge is 1.93. The Labute approximate surface area is 111 Å². The lowest BCUT2D eigenvalue weighted by atomic mass is 10.2. The van der Waals surface area contributed by atoms with E-state index in [1.807, 2.05) is 26.0 Å². The van der Waals surface area contributed by atoms with Gasteiger partial charge in [0.05, 0.1) is 10.0 Å². The van der Waals surface area contributed by atoms with Crippen LogP contribution >= 0.6 is 23.2 Å². The van der Waals surface area contributed by atoms with Gasteiger partial charge in [0.2, 0.25) is 0 Å². The third-order valence-electron chi connectivity index (χ3n) is 2.09. The molecule has 0 nitrogen and oxygen atoms in total. The molecule has 2 aromatic rings. The molecule has 2 aromatic carbocycles. The predicted molar refractivity (Wildman–Crippen MR) is 72.3 cm³/mol. The zero-order valence-electron chi connectivity index (χ0n) is 9.68. The Morgan fingerprint density at radius 2 is 1.29 bits per heavy atom. The molecule has 0 heterocycles. The normalized spacial score (nSPS) is 9.47. The summed E-state index contributed by atoms with van der Waals surface area (Å²) in [6, 6.07) is 12.0. The molecule has 0 spiro atoms. The van der Waals surface area contributed by atoms with Crippen LogP contribution in [-0.4, -0.2) is 0 Å².